The fraction of sp³-hybridized carbons (Fsp3) is 0.278. The smallest absolute Gasteiger partial charge is 0.0985 e. The fourth-order valence-corrected chi connectivity index (χ4v) is 3.61. The highest BCUT2D eigenvalue weighted by molar-refractivity contribution is 7.18. The van der Waals surface area contributed by atoms with E-state index >= 15 is 0 Å². The van der Waals surface area contributed by atoms with Crippen LogP contribution in [0.15, 0.2) is 48.5 Å². The number of hydrogen-bond acceptors (Lipinski definition) is 3. The summed E-state index contributed by atoms with van der Waals surface area (Å²) in [6.07, 6.45) is 2.04. The van der Waals surface area contributed by atoms with E-state index in [1.807, 2.05) is 6.07 Å². The Kier molecular flexibility index (Phi) is 4.32. The van der Waals surface area contributed by atoms with Crippen LogP contribution in [0.4, 0.5) is 0 Å². The second-order valence-corrected chi connectivity index (χ2v) is 6.39. The Morgan fingerprint density at radius 1 is 1.05 bits per heavy atom. The van der Waals surface area contributed by atoms with Crippen LogP contribution in [-0.4, -0.2) is 11.5 Å². The number of rotatable bonds is 5. The van der Waals surface area contributed by atoms with Crippen LogP contribution < -0.4 is 5.73 Å². The van der Waals surface area contributed by atoms with Gasteiger partial charge in [-0.15, -0.1) is 11.3 Å². The van der Waals surface area contributed by atoms with Crippen molar-refractivity contribution in [3.05, 3.63) is 64.7 Å². The van der Waals surface area contributed by atoms with Crippen LogP contribution in [0.1, 0.15) is 29.0 Å². The molecule has 0 amide bonds. The van der Waals surface area contributed by atoms with Gasteiger partial charge in [0.2, 0.25) is 0 Å². The standard InChI is InChI=1S/C18H20N2S/c1-2-13-7-9-14(10-8-13)11-15(12-19)18-20-16-5-3-4-6-17(16)21-18/h3-10,15H,2,11-12,19H2,1H3. The first-order valence-corrected chi connectivity index (χ1v) is 8.25. The maximum Gasteiger partial charge on any atom is 0.0985 e. The second kappa shape index (κ2) is 6.37. The average molecular weight is 296 g/mol. The van der Waals surface area contributed by atoms with Crippen molar-refractivity contribution in [1.29, 1.82) is 0 Å². The Morgan fingerprint density at radius 2 is 1.76 bits per heavy atom. The summed E-state index contributed by atoms with van der Waals surface area (Å²) < 4.78 is 1.24. The minimum atomic E-state index is 0.301. The van der Waals surface area contributed by atoms with Crippen LogP contribution in [0.25, 0.3) is 10.2 Å². The number of aromatic nitrogens is 1. The van der Waals surface area contributed by atoms with Gasteiger partial charge in [0, 0.05) is 12.5 Å². The van der Waals surface area contributed by atoms with Gasteiger partial charge in [-0.3, -0.25) is 0 Å². The van der Waals surface area contributed by atoms with Crippen LogP contribution in [0.2, 0.25) is 0 Å². The molecule has 3 heteroatoms. The second-order valence-electron chi connectivity index (χ2n) is 5.33. The molecule has 21 heavy (non-hydrogen) atoms. The SMILES string of the molecule is CCc1ccc(CC(CN)c2nc3ccccc3s2)cc1. The molecule has 0 aliphatic heterocycles. The van der Waals surface area contributed by atoms with Crippen LogP contribution in [0.5, 0.6) is 0 Å². The lowest BCUT2D eigenvalue weighted by Crippen LogP contribution is -2.14. The van der Waals surface area contributed by atoms with Crippen molar-refractivity contribution in [3.63, 3.8) is 0 Å². The lowest BCUT2D eigenvalue weighted by atomic mass is 9.98. The maximum absolute atomic E-state index is 6.00. The summed E-state index contributed by atoms with van der Waals surface area (Å²) in [5.41, 5.74) is 9.79. The van der Waals surface area contributed by atoms with Crippen molar-refractivity contribution in [3.8, 4) is 0 Å². The lowest BCUT2D eigenvalue weighted by molar-refractivity contribution is 0.690. The van der Waals surface area contributed by atoms with E-state index in [1.165, 1.54) is 15.8 Å². The highest BCUT2D eigenvalue weighted by Gasteiger charge is 2.15. The Bertz CT molecular complexity index is 682. The molecule has 3 rings (SSSR count). The van der Waals surface area contributed by atoms with Crippen molar-refractivity contribution in [2.45, 2.75) is 25.7 Å². The van der Waals surface area contributed by atoms with Crippen molar-refractivity contribution in [2.24, 2.45) is 5.73 Å². The van der Waals surface area contributed by atoms with Gasteiger partial charge in [0.1, 0.15) is 0 Å². The average Bonchev–Trinajstić information content (AvgIpc) is 2.97. The summed E-state index contributed by atoms with van der Waals surface area (Å²) in [5, 5.41) is 1.15. The van der Waals surface area contributed by atoms with Crippen molar-refractivity contribution in [2.75, 3.05) is 6.54 Å². The van der Waals surface area contributed by atoms with Gasteiger partial charge in [0.25, 0.3) is 0 Å². The van der Waals surface area contributed by atoms with E-state index in [4.69, 9.17) is 10.7 Å². The first-order chi connectivity index (χ1) is 10.3. The Morgan fingerprint density at radius 3 is 2.43 bits per heavy atom. The molecule has 3 aromatic rings. The van der Waals surface area contributed by atoms with E-state index < -0.39 is 0 Å². The van der Waals surface area contributed by atoms with Crippen molar-refractivity contribution >= 4 is 21.6 Å². The summed E-state index contributed by atoms with van der Waals surface area (Å²) >= 11 is 1.77. The predicted molar refractivity (Wildman–Crippen MR) is 90.9 cm³/mol. The molecule has 1 heterocycles. The van der Waals surface area contributed by atoms with Crippen molar-refractivity contribution < 1.29 is 0 Å². The molecular formula is C18H20N2S. The number of nitrogens with zero attached hydrogens (tertiary/aromatic N) is 1. The van der Waals surface area contributed by atoms with Crippen LogP contribution in [0.3, 0.4) is 0 Å². The lowest BCUT2D eigenvalue weighted by Gasteiger charge is -2.12. The van der Waals surface area contributed by atoms with E-state index in [2.05, 4.69) is 49.4 Å². The number of aryl methyl sites for hydroxylation is 1. The monoisotopic (exact) mass is 296 g/mol. The highest BCUT2D eigenvalue weighted by Crippen LogP contribution is 2.29. The Hall–Kier alpha value is -1.71. The first-order valence-electron chi connectivity index (χ1n) is 7.43. The van der Waals surface area contributed by atoms with E-state index in [0.717, 1.165) is 23.4 Å². The molecule has 108 valence electrons. The van der Waals surface area contributed by atoms with Gasteiger partial charge in [0.15, 0.2) is 0 Å². The van der Waals surface area contributed by atoms with E-state index in [1.54, 1.807) is 11.3 Å². The van der Waals surface area contributed by atoms with Crippen LogP contribution in [0, 0.1) is 0 Å². The molecular weight excluding hydrogens is 276 g/mol. The maximum atomic E-state index is 6.00. The van der Waals surface area contributed by atoms with E-state index in [0.29, 0.717) is 12.5 Å². The molecule has 2 aromatic carbocycles. The molecule has 0 bridgehead atoms. The minimum absolute atomic E-state index is 0.301. The third kappa shape index (κ3) is 3.14. The molecule has 0 aliphatic rings. The molecule has 1 aromatic heterocycles. The Balaban J connectivity index is 1.83. The molecule has 2 nitrogen and oxygen atoms in total. The zero-order valence-corrected chi connectivity index (χ0v) is 13.1. The number of nitrogens with two attached hydrogens (primary N) is 1. The quantitative estimate of drug-likeness (QED) is 0.768. The topological polar surface area (TPSA) is 38.9 Å². The highest BCUT2D eigenvalue weighted by atomic mass is 32.1. The number of hydrogen-bond donors (Lipinski definition) is 1. The molecule has 1 unspecified atom stereocenters. The molecule has 0 aliphatic carbocycles. The van der Waals surface area contributed by atoms with Gasteiger partial charge in [-0.25, -0.2) is 4.98 Å². The molecule has 1 atom stereocenters. The normalized spacial score (nSPS) is 12.7. The molecule has 0 radical (unpaired) electrons. The van der Waals surface area contributed by atoms with Crippen molar-refractivity contribution in [1.82, 2.24) is 4.98 Å². The van der Waals surface area contributed by atoms with Gasteiger partial charge in [-0.2, -0.15) is 0 Å². The molecule has 0 saturated heterocycles. The van der Waals surface area contributed by atoms with Gasteiger partial charge in [-0.1, -0.05) is 43.3 Å². The van der Waals surface area contributed by atoms with Crippen LogP contribution in [-0.2, 0) is 12.8 Å². The number of fused-ring (bicyclic) bond motifs is 1. The number of para-hydroxylation sites is 1. The summed E-state index contributed by atoms with van der Waals surface area (Å²) in [5.74, 6) is 0.301. The summed E-state index contributed by atoms with van der Waals surface area (Å²) in [6, 6.07) is 17.1. The van der Waals surface area contributed by atoms with E-state index in [9.17, 15) is 0 Å². The summed E-state index contributed by atoms with van der Waals surface area (Å²) in [7, 11) is 0. The zero-order chi connectivity index (χ0) is 14.7. The third-order valence-electron chi connectivity index (χ3n) is 3.86. The summed E-state index contributed by atoms with van der Waals surface area (Å²) in [4.78, 5) is 4.75. The third-order valence-corrected chi connectivity index (χ3v) is 5.06. The largest absolute Gasteiger partial charge is 0.330 e. The van der Waals surface area contributed by atoms with E-state index in [-0.39, 0.29) is 0 Å². The Labute approximate surface area is 129 Å². The first kappa shape index (κ1) is 14.2. The fourth-order valence-electron chi connectivity index (χ4n) is 2.53. The predicted octanol–water partition coefficient (Wildman–Crippen LogP) is 4.14. The number of thiazole rings is 1. The molecule has 0 spiro atoms. The van der Waals surface area contributed by atoms with Gasteiger partial charge >= 0.3 is 0 Å². The van der Waals surface area contributed by atoms with Gasteiger partial charge in [-0.05, 0) is 36.1 Å². The van der Waals surface area contributed by atoms with Gasteiger partial charge in [0.05, 0.1) is 15.2 Å². The molecule has 2 N–H and O–H groups in total. The number of benzene rings is 2. The zero-order valence-electron chi connectivity index (χ0n) is 12.3. The molecule has 0 fully saturated rings. The minimum Gasteiger partial charge on any atom is -0.330 e. The summed E-state index contributed by atoms with van der Waals surface area (Å²) in [6.45, 7) is 2.81. The van der Waals surface area contributed by atoms with Gasteiger partial charge < -0.3 is 5.73 Å². The molecule has 0 saturated carbocycles. The van der Waals surface area contributed by atoms with Crippen LogP contribution >= 0.6 is 11.3 Å².